The predicted molar refractivity (Wildman–Crippen MR) is 163 cm³/mol. The third kappa shape index (κ3) is 5.14. The minimum atomic E-state index is -4.58. The smallest absolute Gasteiger partial charge is 0.416 e. The number of benzene rings is 2. The summed E-state index contributed by atoms with van der Waals surface area (Å²) in [6.45, 7) is -1.21. The number of imide groups is 1. The van der Waals surface area contributed by atoms with Crippen molar-refractivity contribution in [2.45, 2.75) is 28.8 Å². The van der Waals surface area contributed by atoms with E-state index < -0.39 is 66.3 Å². The molecule has 46 heavy (non-hydrogen) atoms. The second-order valence-electron chi connectivity index (χ2n) is 11.7. The van der Waals surface area contributed by atoms with Crippen LogP contribution in [0.25, 0.3) is 0 Å². The molecule has 4 aliphatic rings. The topological polar surface area (TPSA) is 146 Å². The summed E-state index contributed by atoms with van der Waals surface area (Å²) >= 11 is 6.01. The normalized spacial score (nSPS) is 27.7. The number of carbonyl (C=O) groups is 4. The van der Waals surface area contributed by atoms with E-state index in [2.05, 4.69) is 26.2 Å². The van der Waals surface area contributed by atoms with Gasteiger partial charge in [0, 0.05) is 31.8 Å². The molecule has 3 fully saturated rings. The Labute approximate surface area is 274 Å². The van der Waals surface area contributed by atoms with Gasteiger partial charge in [-0.05, 0) is 60.6 Å². The van der Waals surface area contributed by atoms with E-state index >= 15 is 0 Å². The molecule has 1 aromatic heterocycles. The number of thiazole rings is 1. The van der Waals surface area contributed by atoms with E-state index in [0.29, 0.717) is 27.2 Å². The van der Waals surface area contributed by atoms with Crippen molar-refractivity contribution in [2.24, 2.45) is 29.6 Å². The van der Waals surface area contributed by atoms with Crippen molar-refractivity contribution in [3.8, 4) is 5.75 Å². The number of ether oxygens (including phenoxy) is 1. The summed E-state index contributed by atoms with van der Waals surface area (Å²) in [4.78, 5) is 67.8. The van der Waals surface area contributed by atoms with Crippen LogP contribution < -0.4 is 14.9 Å². The van der Waals surface area contributed by atoms with E-state index in [1.807, 2.05) is 6.07 Å². The van der Waals surface area contributed by atoms with Crippen molar-refractivity contribution in [3.63, 3.8) is 0 Å². The van der Waals surface area contributed by atoms with E-state index in [1.54, 1.807) is 12.1 Å². The third-order valence-electron chi connectivity index (χ3n) is 9.25. The van der Waals surface area contributed by atoms with Crippen molar-refractivity contribution in [2.75, 3.05) is 18.5 Å². The van der Waals surface area contributed by atoms with E-state index in [4.69, 9.17) is 4.74 Å². The highest BCUT2D eigenvalue weighted by Gasteiger charge is 2.69. The average Bonchev–Trinajstić information content (AvgIpc) is 3.72. The van der Waals surface area contributed by atoms with Crippen molar-refractivity contribution < 1.29 is 42.2 Å². The molecule has 10 nitrogen and oxygen atoms in total. The Morgan fingerprint density at radius 3 is 2.54 bits per heavy atom. The summed E-state index contributed by atoms with van der Waals surface area (Å²) in [5, 5.41) is 12.3. The highest BCUT2D eigenvalue weighted by molar-refractivity contribution is 9.10. The van der Waals surface area contributed by atoms with Gasteiger partial charge in [0.15, 0.2) is 6.61 Å². The van der Waals surface area contributed by atoms with Gasteiger partial charge in [-0.25, -0.2) is 0 Å². The Hall–Kier alpha value is -3.63. The Balaban J connectivity index is 1.20. The molecule has 0 radical (unpaired) electrons. The summed E-state index contributed by atoms with van der Waals surface area (Å²) in [7, 11) is 0. The van der Waals surface area contributed by atoms with Crippen LogP contribution in [0.4, 0.5) is 18.9 Å². The van der Waals surface area contributed by atoms with Crippen LogP contribution in [-0.4, -0.2) is 57.1 Å². The largest absolute Gasteiger partial charge is 0.483 e. The molecule has 2 bridgehead atoms. The summed E-state index contributed by atoms with van der Waals surface area (Å²) < 4.78 is 46.1. The fourth-order valence-electron chi connectivity index (χ4n) is 7.73. The number of hydrogen-bond acceptors (Lipinski definition) is 8. The van der Waals surface area contributed by atoms with Crippen LogP contribution in [0, 0.1) is 29.6 Å². The number of fused-ring (bicyclic) bond motifs is 9. The van der Waals surface area contributed by atoms with Crippen LogP contribution in [0.3, 0.4) is 0 Å². The number of aromatic nitrogens is 1. The van der Waals surface area contributed by atoms with E-state index in [1.165, 1.54) is 23.9 Å². The lowest BCUT2D eigenvalue weighted by Crippen LogP contribution is -2.42. The number of likely N-dealkylation sites (tertiary alicyclic amines) is 1. The minimum absolute atomic E-state index is 0.0439. The van der Waals surface area contributed by atoms with Gasteiger partial charge in [0.1, 0.15) is 12.3 Å². The zero-order chi connectivity index (χ0) is 32.7. The first kappa shape index (κ1) is 31.0. The number of nitrogens with zero attached hydrogens (tertiary/aromatic N) is 1. The maximum absolute atomic E-state index is 13.5. The average molecular weight is 739 g/mol. The number of alkyl halides is 3. The molecular formula is C30H23BrF3N3O7S2. The summed E-state index contributed by atoms with van der Waals surface area (Å²) in [6, 6.07) is 9.42. The lowest BCUT2D eigenvalue weighted by molar-refractivity contribution is -0.149. The number of H-pyrrole nitrogens is 1. The van der Waals surface area contributed by atoms with Crippen molar-refractivity contribution in [1.29, 1.82) is 0 Å². The molecule has 3 heterocycles. The standard InChI is InChI=1S/C30H23BrF3N3O7S2/c31-12-4-5-17(44-10-18(38)35-13-3-1-2-11(6-13)30(32,33)34)14(7-12)20-21-15-8-16(24(21)45-26-25(20)46-29(43)36-26)23-22(15)27(41)37(28(23)42)9-19(39)40/h1-7,15-16,20-24H,8-10H2,(H,35,38)(H,36,43)(H,39,40)/t15?,16?,20-,21?,22?,23?,24?/m1/s1. The van der Waals surface area contributed by atoms with Crippen LogP contribution in [-0.2, 0) is 25.4 Å². The first-order chi connectivity index (χ1) is 21.8. The first-order valence-corrected chi connectivity index (χ1v) is 16.7. The number of aliphatic carboxylic acids is 1. The summed E-state index contributed by atoms with van der Waals surface area (Å²) in [5.41, 5.74) is -0.317. The van der Waals surface area contributed by atoms with Gasteiger partial charge in [-0.15, -0.1) is 11.8 Å². The lowest BCUT2D eigenvalue weighted by atomic mass is 9.68. The number of aromatic amines is 1. The number of anilines is 1. The molecule has 7 rings (SSSR count). The molecule has 3 amide bonds. The number of rotatable bonds is 7. The number of nitrogens with one attached hydrogen (secondary N) is 2. The number of carboxylic acid groups (broad SMARTS) is 1. The van der Waals surface area contributed by atoms with E-state index in [9.17, 15) is 42.3 Å². The van der Waals surface area contributed by atoms with Crippen LogP contribution in [0.1, 0.15) is 28.3 Å². The van der Waals surface area contributed by atoms with E-state index in [0.717, 1.165) is 33.2 Å². The Kier molecular flexibility index (Phi) is 7.59. The van der Waals surface area contributed by atoms with E-state index in [-0.39, 0.29) is 33.6 Å². The molecule has 2 aliphatic heterocycles. The fourth-order valence-corrected chi connectivity index (χ4v) is 11.0. The molecule has 3 aromatic rings. The number of amides is 3. The van der Waals surface area contributed by atoms with Crippen LogP contribution in [0.5, 0.6) is 5.75 Å². The maximum Gasteiger partial charge on any atom is 0.416 e. The second kappa shape index (κ2) is 11.3. The van der Waals surface area contributed by atoms with Gasteiger partial charge in [-0.1, -0.05) is 33.3 Å². The van der Waals surface area contributed by atoms with Crippen molar-refractivity contribution >= 4 is 68.4 Å². The number of hydrogen-bond donors (Lipinski definition) is 3. The quantitative estimate of drug-likeness (QED) is 0.294. The highest BCUT2D eigenvalue weighted by atomic mass is 79.9. The molecule has 16 heteroatoms. The Bertz CT molecular complexity index is 1860. The predicted octanol–water partition coefficient (Wildman–Crippen LogP) is 4.79. The number of halogens is 4. The van der Waals surface area contributed by atoms with Gasteiger partial charge in [0.05, 0.1) is 22.4 Å². The third-order valence-corrected chi connectivity index (χ3v) is 12.3. The van der Waals surface area contributed by atoms with Crippen LogP contribution in [0.15, 0.2) is 56.8 Å². The zero-order valence-electron chi connectivity index (χ0n) is 23.4. The molecule has 3 N–H and O–H groups in total. The molecule has 2 aliphatic carbocycles. The van der Waals surface area contributed by atoms with Gasteiger partial charge in [-0.2, -0.15) is 13.2 Å². The van der Waals surface area contributed by atoms with Crippen molar-refractivity contribution in [1.82, 2.24) is 9.88 Å². The molecule has 2 aromatic carbocycles. The van der Waals surface area contributed by atoms with Gasteiger partial charge in [0.2, 0.25) is 11.8 Å². The highest BCUT2D eigenvalue weighted by Crippen LogP contribution is 2.69. The molecule has 6 unspecified atom stereocenters. The zero-order valence-corrected chi connectivity index (χ0v) is 26.6. The number of thioether (sulfide) groups is 1. The van der Waals surface area contributed by atoms with Gasteiger partial charge >= 0.3 is 17.0 Å². The number of carbonyl (C=O) groups excluding carboxylic acids is 3. The summed E-state index contributed by atoms with van der Waals surface area (Å²) in [6.07, 6.45) is -3.98. The molecule has 2 saturated carbocycles. The Morgan fingerprint density at radius 1 is 1.09 bits per heavy atom. The van der Waals surface area contributed by atoms with Gasteiger partial charge in [-0.3, -0.25) is 28.9 Å². The summed E-state index contributed by atoms with van der Waals surface area (Å²) in [5.74, 6) is -5.07. The van der Waals surface area contributed by atoms with Crippen LogP contribution in [0.2, 0.25) is 0 Å². The number of carboxylic acids is 1. The second-order valence-corrected chi connectivity index (χ2v) is 14.8. The monoisotopic (exact) mass is 737 g/mol. The SMILES string of the molecule is O=C(O)CN1C(=O)C2C3CC(C2C1=O)C1C3Sc2[nH]c(=O)sc2[C@@H]1c1cc(Br)ccc1OCC(=O)Nc1cccc(C(F)(F)F)c1. The minimum Gasteiger partial charge on any atom is -0.483 e. The van der Waals surface area contributed by atoms with Crippen molar-refractivity contribution in [3.05, 3.63) is 72.6 Å². The van der Waals surface area contributed by atoms with Crippen LogP contribution >= 0.6 is 39.0 Å². The molecule has 0 spiro atoms. The van der Waals surface area contributed by atoms with Gasteiger partial charge < -0.3 is 20.1 Å². The first-order valence-electron chi connectivity index (χ1n) is 14.2. The fraction of sp³-hybridized carbons (Fsp3) is 0.367. The van der Waals surface area contributed by atoms with Gasteiger partial charge in [0.25, 0.3) is 5.91 Å². The lowest BCUT2D eigenvalue weighted by Gasteiger charge is -2.43. The molecule has 7 atom stereocenters. The molecular weight excluding hydrogens is 715 g/mol. The molecule has 1 saturated heterocycles. The maximum atomic E-state index is 13.5. The molecule has 240 valence electrons. The Morgan fingerprint density at radius 2 is 1.83 bits per heavy atom.